The quantitative estimate of drug-likeness (QED) is 0.612. The monoisotopic (exact) mass is 378 g/mol. The summed E-state index contributed by atoms with van der Waals surface area (Å²) < 4.78 is 36.6. The van der Waals surface area contributed by atoms with Crippen molar-refractivity contribution in [2.75, 3.05) is 6.61 Å². The summed E-state index contributed by atoms with van der Waals surface area (Å²) in [7, 11) is 0. The van der Waals surface area contributed by atoms with Gasteiger partial charge >= 0.3 is 0 Å². The van der Waals surface area contributed by atoms with Crippen LogP contribution in [0.3, 0.4) is 0 Å². The summed E-state index contributed by atoms with van der Waals surface area (Å²) in [6.45, 7) is 1.73. The highest BCUT2D eigenvalue weighted by Crippen LogP contribution is 2.17. The van der Waals surface area contributed by atoms with E-state index < -0.39 is 11.6 Å². The number of aromatic amines is 1. The molecule has 0 fully saturated rings. The fourth-order valence-corrected chi connectivity index (χ4v) is 2.18. The van der Waals surface area contributed by atoms with Crippen molar-refractivity contribution in [2.45, 2.75) is 25.8 Å². The molecular weight excluding hydrogens is 362 g/mol. The zero-order chi connectivity index (χ0) is 19.2. The third-order valence-electron chi connectivity index (χ3n) is 3.45. The first-order valence-corrected chi connectivity index (χ1v) is 8.07. The number of hydrogen-bond acceptors (Lipinski definition) is 7. The van der Waals surface area contributed by atoms with Gasteiger partial charge in [-0.25, -0.2) is 13.8 Å². The van der Waals surface area contributed by atoms with E-state index >= 15 is 0 Å². The molecule has 0 aliphatic carbocycles. The van der Waals surface area contributed by atoms with Crippen molar-refractivity contribution in [3.8, 4) is 17.4 Å². The molecule has 0 aliphatic rings. The molecule has 27 heavy (non-hydrogen) atoms. The van der Waals surface area contributed by atoms with E-state index in [0.29, 0.717) is 5.82 Å². The second kappa shape index (κ2) is 8.34. The van der Waals surface area contributed by atoms with Crippen molar-refractivity contribution in [3.63, 3.8) is 0 Å². The summed E-state index contributed by atoms with van der Waals surface area (Å²) in [6.07, 6.45) is 1.68. The molecule has 0 spiro atoms. The molecule has 0 aliphatic heterocycles. The predicted octanol–water partition coefficient (Wildman–Crippen LogP) is 1.65. The van der Waals surface area contributed by atoms with Crippen LogP contribution in [0.25, 0.3) is 11.6 Å². The number of hydrogen-bond donors (Lipinski definition) is 2. The highest BCUT2D eigenvalue weighted by Gasteiger charge is 2.14. The van der Waals surface area contributed by atoms with Crippen LogP contribution in [0.4, 0.5) is 8.78 Å². The Bertz CT molecular complexity index is 899. The third-order valence-corrected chi connectivity index (χ3v) is 3.45. The van der Waals surface area contributed by atoms with E-state index in [2.05, 4.69) is 30.6 Å². The Morgan fingerprint density at radius 3 is 3.00 bits per heavy atom. The first-order valence-electron chi connectivity index (χ1n) is 8.07. The maximum absolute atomic E-state index is 13.5. The summed E-state index contributed by atoms with van der Waals surface area (Å²) >= 11 is 0. The van der Waals surface area contributed by atoms with Crippen LogP contribution in [0.1, 0.15) is 19.2 Å². The summed E-state index contributed by atoms with van der Waals surface area (Å²) in [5.41, 5.74) is 0. The van der Waals surface area contributed by atoms with E-state index in [1.165, 1.54) is 12.4 Å². The number of carbonyl (C=O) groups excluding carboxylic acids is 1. The molecule has 0 saturated carbocycles. The Kier molecular flexibility index (Phi) is 5.69. The molecule has 2 aromatic heterocycles. The normalized spacial score (nSPS) is 12.0. The van der Waals surface area contributed by atoms with Crippen LogP contribution in [0.5, 0.6) is 5.75 Å². The Morgan fingerprint density at radius 1 is 1.41 bits per heavy atom. The molecule has 0 bridgehead atoms. The average molecular weight is 378 g/mol. The fourth-order valence-electron chi connectivity index (χ4n) is 2.18. The van der Waals surface area contributed by atoms with Crippen molar-refractivity contribution < 1.29 is 22.8 Å². The highest BCUT2D eigenvalue weighted by molar-refractivity contribution is 5.76. The van der Waals surface area contributed by atoms with Crippen LogP contribution in [0.15, 0.2) is 29.0 Å². The smallest absolute Gasteiger partial charge is 0.239 e. The Hall–Kier alpha value is -3.37. The van der Waals surface area contributed by atoms with Gasteiger partial charge in [0.1, 0.15) is 18.8 Å². The minimum Gasteiger partial charge on any atom is -0.488 e. The second-order valence-corrected chi connectivity index (χ2v) is 5.70. The van der Waals surface area contributed by atoms with Crippen molar-refractivity contribution >= 4 is 5.91 Å². The summed E-state index contributed by atoms with van der Waals surface area (Å²) in [5.74, 6) is -0.914. The number of aryl methyl sites for hydroxylation is 1. The topological polar surface area (TPSA) is 119 Å². The van der Waals surface area contributed by atoms with Crippen LogP contribution in [0.2, 0.25) is 0 Å². The van der Waals surface area contributed by atoms with Gasteiger partial charge in [-0.2, -0.15) is 10.1 Å². The molecule has 11 heteroatoms. The first-order chi connectivity index (χ1) is 13.0. The number of carbonyl (C=O) groups is 1. The molecule has 142 valence electrons. The Morgan fingerprint density at radius 2 is 2.26 bits per heavy atom. The Balaban J connectivity index is 1.42. The average Bonchev–Trinajstić information content (AvgIpc) is 3.30. The first kappa shape index (κ1) is 18.4. The summed E-state index contributed by atoms with van der Waals surface area (Å²) in [5, 5.41) is 12.7. The summed E-state index contributed by atoms with van der Waals surface area (Å²) in [4.78, 5) is 20.0. The molecular formula is C16H16F2N6O3. The van der Waals surface area contributed by atoms with E-state index in [4.69, 9.17) is 9.26 Å². The van der Waals surface area contributed by atoms with Crippen molar-refractivity contribution in [1.82, 2.24) is 30.6 Å². The minimum absolute atomic E-state index is 0.0322. The molecule has 0 saturated heterocycles. The van der Waals surface area contributed by atoms with Crippen LogP contribution in [-0.2, 0) is 11.2 Å². The number of nitrogens with zero attached hydrogens (tertiary/aromatic N) is 4. The zero-order valence-corrected chi connectivity index (χ0v) is 14.3. The van der Waals surface area contributed by atoms with Crippen molar-refractivity contribution in [2.24, 2.45) is 0 Å². The van der Waals surface area contributed by atoms with Gasteiger partial charge in [0.15, 0.2) is 17.4 Å². The molecule has 3 rings (SSSR count). The summed E-state index contributed by atoms with van der Waals surface area (Å²) in [6, 6.07) is 2.64. The number of aromatic nitrogens is 5. The van der Waals surface area contributed by atoms with Crippen LogP contribution in [0, 0.1) is 11.6 Å². The van der Waals surface area contributed by atoms with Gasteiger partial charge in [-0.15, -0.1) is 0 Å². The van der Waals surface area contributed by atoms with Gasteiger partial charge in [0, 0.05) is 18.9 Å². The van der Waals surface area contributed by atoms with Gasteiger partial charge < -0.3 is 14.6 Å². The number of amides is 1. The van der Waals surface area contributed by atoms with E-state index in [0.717, 1.165) is 12.1 Å². The largest absolute Gasteiger partial charge is 0.488 e. The molecule has 2 heterocycles. The van der Waals surface area contributed by atoms with Crippen LogP contribution < -0.4 is 10.1 Å². The number of nitrogens with one attached hydrogen (secondary N) is 2. The van der Waals surface area contributed by atoms with E-state index in [-0.39, 0.29) is 48.9 Å². The Labute approximate surface area is 152 Å². The lowest BCUT2D eigenvalue weighted by Gasteiger charge is -2.15. The molecule has 1 atom stereocenters. The van der Waals surface area contributed by atoms with Gasteiger partial charge in [-0.05, 0) is 19.1 Å². The zero-order valence-electron chi connectivity index (χ0n) is 14.3. The molecule has 9 nitrogen and oxygen atoms in total. The van der Waals surface area contributed by atoms with E-state index in [1.807, 2.05) is 0 Å². The van der Waals surface area contributed by atoms with Gasteiger partial charge in [-0.3, -0.25) is 9.89 Å². The maximum atomic E-state index is 13.5. The molecule has 1 unspecified atom stereocenters. The number of H-pyrrole nitrogens is 1. The van der Waals surface area contributed by atoms with Crippen molar-refractivity contribution in [3.05, 3.63) is 42.1 Å². The van der Waals surface area contributed by atoms with E-state index in [9.17, 15) is 13.6 Å². The SMILES string of the molecule is CC(COc1ccc(F)cc1F)NC(=O)CCc1nc(-c2ncn[nH]2)no1. The van der Waals surface area contributed by atoms with Crippen LogP contribution >= 0.6 is 0 Å². The molecule has 1 amide bonds. The number of halogens is 2. The lowest BCUT2D eigenvalue weighted by molar-refractivity contribution is -0.121. The lowest BCUT2D eigenvalue weighted by atomic mass is 10.2. The van der Waals surface area contributed by atoms with Crippen LogP contribution in [-0.4, -0.2) is 43.9 Å². The molecule has 1 aromatic carbocycles. The van der Waals surface area contributed by atoms with Gasteiger partial charge in [0.05, 0.1) is 6.04 Å². The third kappa shape index (κ3) is 5.06. The minimum atomic E-state index is -0.799. The standard InChI is InChI=1S/C16H16F2N6O3/c1-9(7-26-12-3-2-10(17)6-11(12)18)21-13(25)4-5-14-22-16(24-27-14)15-19-8-20-23-15/h2-3,6,8-9H,4-5,7H2,1H3,(H,21,25)(H,19,20,23). The van der Waals surface area contributed by atoms with Crippen molar-refractivity contribution in [1.29, 1.82) is 0 Å². The molecule has 3 aromatic rings. The second-order valence-electron chi connectivity index (χ2n) is 5.70. The molecule has 0 radical (unpaired) electrons. The fraction of sp³-hybridized carbons (Fsp3) is 0.312. The number of rotatable bonds is 8. The highest BCUT2D eigenvalue weighted by atomic mass is 19.1. The maximum Gasteiger partial charge on any atom is 0.239 e. The number of benzene rings is 1. The van der Waals surface area contributed by atoms with Gasteiger partial charge in [-0.1, -0.05) is 5.16 Å². The van der Waals surface area contributed by atoms with E-state index in [1.54, 1.807) is 6.92 Å². The van der Waals surface area contributed by atoms with Gasteiger partial charge in [0.25, 0.3) is 0 Å². The predicted molar refractivity (Wildman–Crippen MR) is 87.5 cm³/mol. The number of ether oxygens (including phenoxy) is 1. The van der Waals surface area contributed by atoms with Gasteiger partial charge in [0.2, 0.25) is 17.6 Å². The molecule has 2 N–H and O–H groups in total. The lowest BCUT2D eigenvalue weighted by Crippen LogP contribution is -2.37.